The van der Waals surface area contributed by atoms with Crippen LogP contribution in [-0.2, 0) is 6.54 Å². The predicted molar refractivity (Wildman–Crippen MR) is 66.9 cm³/mol. The summed E-state index contributed by atoms with van der Waals surface area (Å²) in [5.41, 5.74) is 0.878. The third kappa shape index (κ3) is 1.51. The van der Waals surface area contributed by atoms with Crippen LogP contribution in [0, 0.1) is 6.92 Å². The number of rotatable bonds is 1. The molecule has 0 saturated carbocycles. The molecule has 0 spiro atoms. The summed E-state index contributed by atoms with van der Waals surface area (Å²) in [5.74, 6) is 0. The Morgan fingerprint density at radius 3 is 2.69 bits per heavy atom. The van der Waals surface area contributed by atoms with E-state index >= 15 is 0 Å². The van der Waals surface area contributed by atoms with E-state index < -0.39 is 0 Å². The molecule has 2 aromatic rings. The number of aryl methyl sites for hydroxylation is 1. The van der Waals surface area contributed by atoms with Crippen LogP contribution in [0.15, 0.2) is 26.2 Å². The van der Waals surface area contributed by atoms with Crippen LogP contribution in [-0.4, -0.2) is 9.55 Å². The van der Waals surface area contributed by atoms with Crippen molar-refractivity contribution >= 4 is 26.8 Å². The monoisotopic (exact) mass is 282 g/mol. The van der Waals surface area contributed by atoms with Crippen LogP contribution in [0.1, 0.15) is 12.5 Å². The molecule has 16 heavy (non-hydrogen) atoms. The van der Waals surface area contributed by atoms with E-state index in [1.54, 1.807) is 6.92 Å². The van der Waals surface area contributed by atoms with E-state index in [1.807, 2.05) is 19.1 Å². The quantitative estimate of drug-likeness (QED) is 0.867. The number of halogens is 1. The van der Waals surface area contributed by atoms with Gasteiger partial charge in [-0.1, -0.05) is 6.07 Å². The van der Waals surface area contributed by atoms with Gasteiger partial charge in [0.15, 0.2) is 0 Å². The second kappa shape index (κ2) is 3.90. The van der Waals surface area contributed by atoms with E-state index in [-0.39, 0.29) is 11.2 Å². The summed E-state index contributed by atoms with van der Waals surface area (Å²) >= 11 is 3.33. The number of benzene rings is 1. The van der Waals surface area contributed by atoms with Crippen LogP contribution in [0.3, 0.4) is 0 Å². The summed E-state index contributed by atoms with van der Waals surface area (Å²) in [6.45, 7) is 4.00. The van der Waals surface area contributed by atoms with Crippen LogP contribution < -0.4 is 11.2 Å². The molecule has 0 saturated heterocycles. The Balaban J connectivity index is 3.11. The number of H-pyrrole nitrogens is 1. The molecule has 0 aliphatic carbocycles. The molecule has 1 aromatic carbocycles. The van der Waals surface area contributed by atoms with Gasteiger partial charge in [0.1, 0.15) is 0 Å². The molecule has 1 N–H and O–H groups in total. The molecule has 0 fully saturated rings. The molecular weight excluding hydrogens is 272 g/mol. The zero-order valence-corrected chi connectivity index (χ0v) is 10.6. The third-order valence-electron chi connectivity index (χ3n) is 2.62. The van der Waals surface area contributed by atoms with Gasteiger partial charge in [0.05, 0.1) is 10.9 Å². The smallest absolute Gasteiger partial charge is 0.306 e. The maximum atomic E-state index is 12.1. The van der Waals surface area contributed by atoms with Crippen molar-refractivity contribution in [2.45, 2.75) is 20.4 Å². The van der Waals surface area contributed by atoms with Gasteiger partial charge in [-0.2, -0.15) is 0 Å². The SMILES string of the molecule is CCn1c(=O)[nH]c2c(C)ccc(Br)c2c1=O. The lowest BCUT2D eigenvalue weighted by Gasteiger charge is -2.06. The Hall–Kier alpha value is -1.36. The van der Waals surface area contributed by atoms with Crippen molar-refractivity contribution in [3.63, 3.8) is 0 Å². The largest absolute Gasteiger partial charge is 0.328 e. The number of nitrogens with one attached hydrogen (secondary N) is 1. The van der Waals surface area contributed by atoms with E-state index in [9.17, 15) is 9.59 Å². The zero-order valence-electron chi connectivity index (χ0n) is 9.00. The standard InChI is InChI=1S/C11H11BrN2O2/c1-3-14-10(15)8-7(12)5-4-6(2)9(8)13-11(14)16/h4-5H,3H2,1-2H3,(H,13,16). The molecular formula is C11H11BrN2O2. The first-order valence-corrected chi connectivity index (χ1v) is 5.77. The first-order chi connectivity index (χ1) is 7.56. The van der Waals surface area contributed by atoms with Gasteiger partial charge in [-0.15, -0.1) is 0 Å². The highest BCUT2D eigenvalue weighted by molar-refractivity contribution is 9.10. The topological polar surface area (TPSA) is 54.9 Å². The molecule has 0 amide bonds. The lowest BCUT2D eigenvalue weighted by Crippen LogP contribution is -2.34. The zero-order chi connectivity index (χ0) is 11.9. The highest BCUT2D eigenvalue weighted by atomic mass is 79.9. The molecule has 4 nitrogen and oxygen atoms in total. The fourth-order valence-electron chi connectivity index (χ4n) is 1.74. The highest BCUT2D eigenvalue weighted by Crippen LogP contribution is 2.21. The van der Waals surface area contributed by atoms with Crippen LogP contribution in [0.2, 0.25) is 0 Å². The lowest BCUT2D eigenvalue weighted by atomic mass is 10.1. The van der Waals surface area contributed by atoms with Gasteiger partial charge in [-0.25, -0.2) is 4.79 Å². The summed E-state index contributed by atoms with van der Waals surface area (Å²) < 4.78 is 1.89. The molecule has 0 radical (unpaired) electrons. The number of nitrogens with zero attached hydrogens (tertiary/aromatic N) is 1. The van der Waals surface area contributed by atoms with E-state index in [0.29, 0.717) is 21.9 Å². The maximum absolute atomic E-state index is 12.1. The van der Waals surface area contributed by atoms with Gasteiger partial charge in [-0.05, 0) is 41.4 Å². The number of fused-ring (bicyclic) bond motifs is 1. The number of hydrogen-bond donors (Lipinski definition) is 1. The Bertz CT molecular complexity index is 670. The second-order valence-electron chi connectivity index (χ2n) is 3.59. The molecule has 1 aromatic heterocycles. The summed E-state index contributed by atoms with van der Waals surface area (Å²) in [4.78, 5) is 26.4. The van der Waals surface area contributed by atoms with Crippen molar-refractivity contribution in [2.75, 3.05) is 0 Å². The van der Waals surface area contributed by atoms with Gasteiger partial charge in [0.25, 0.3) is 5.56 Å². The molecule has 2 rings (SSSR count). The van der Waals surface area contributed by atoms with Crippen molar-refractivity contribution in [1.29, 1.82) is 0 Å². The Labute approximate surface area is 100 Å². The van der Waals surface area contributed by atoms with Crippen LogP contribution in [0.5, 0.6) is 0 Å². The van der Waals surface area contributed by atoms with Gasteiger partial charge in [0, 0.05) is 11.0 Å². The minimum Gasteiger partial charge on any atom is -0.306 e. The number of aromatic amines is 1. The van der Waals surface area contributed by atoms with E-state index in [4.69, 9.17) is 0 Å². The van der Waals surface area contributed by atoms with E-state index in [1.165, 1.54) is 4.57 Å². The van der Waals surface area contributed by atoms with Crippen LogP contribution in [0.25, 0.3) is 10.9 Å². The first kappa shape index (κ1) is 11.1. The minimum atomic E-state index is -0.360. The molecule has 5 heteroatoms. The molecule has 84 valence electrons. The Morgan fingerprint density at radius 2 is 2.06 bits per heavy atom. The van der Waals surface area contributed by atoms with Crippen molar-refractivity contribution in [3.05, 3.63) is 43.0 Å². The average Bonchev–Trinajstić information content (AvgIpc) is 2.24. The summed E-state index contributed by atoms with van der Waals surface area (Å²) in [6.07, 6.45) is 0. The van der Waals surface area contributed by atoms with Gasteiger partial charge in [-0.3, -0.25) is 9.36 Å². The Kier molecular flexibility index (Phi) is 2.71. The molecule has 0 aliphatic rings. The third-order valence-corrected chi connectivity index (χ3v) is 3.28. The van der Waals surface area contributed by atoms with Gasteiger partial charge >= 0.3 is 5.69 Å². The average molecular weight is 283 g/mol. The first-order valence-electron chi connectivity index (χ1n) is 4.98. The molecule has 0 aliphatic heterocycles. The van der Waals surface area contributed by atoms with Crippen molar-refractivity contribution in [2.24, 2.45) is 0 Å². The second-order valence-corrected chi connectivity index (χ2v) is 4.45. The van der Waals surface area contributed by atoms with Crippen molar-refractivity contribution < 1.29 is 0 Å². The molecule has 0 bridgehead atoms. The van der Waals surface area contributed by atoms with Gasteiger partial charge in [0.2, 0.25) is 0 Å². The summed E-state index contributed by atoms with van der Waals surface area (Å²) in [6, 6.07) is 3.68. The minimum absolute atomic E-state index is 0.253. The molecule has 0 atom stereocenters. The van der Waals surface area contributed by atoms with Crippen LogP contribution in [0.4, 0.5) is 0 Å². The number of hydrogen-bond acceptors (Lipinski definition) is 2. The maximum Gasteiger partial charge on any atom is 0.328 e. The number of aromatic nitrogens is 2. The fourth-order valence-corrected chi connectivity index (χ4v) is 2.24. The van der Waals surface area contributed by atoms with Crippen molar-refractivity contribution in [1.82, 2.24) is 9.55 Å². The van der Waals surface area contributed by atoms with Crippen LogP contribution >= 0.6 is 15.9 Å². The Morgan fingerprint density at radius 1 is 1.38 bits per heavy atom. The van der Waals surface area contributed by atoms with Gasteiger partial charge < -0.3 is 4.98 Å². The predicted octanol–water partition coefficient (Wildman–Crippen LogP) is 1.78. The lowest BCUT2D eigenvalue weighted by molar-refractivity contribution is 0.683. The summed E-state index contributed by atoms with van der Waals surface area (Å²) in [5, 5.41) is 0.529. The van der Waals surface area contributed by atoms with E-state index in [0.717, 1.165) is 5.56 Å². The fraction of sp³-hybridized carbons (Fsp3) is 0.273. The summed E-state index contributed by atoms with van der Waals surface area (Å²) in [7, 11) is 0. The normalized spacial score (nSPS) is 10.9. The van der Waals surface area contributed by atoms with E-state index in [2.05, 4.69) is 20.9 Å². The molecule has 0 unspecified atom stereocenters. The highest BCUT2D eigenvalue weighted by Gasteiger charge is 2.10. The van der Waals surface area contributed by atoms with Crippen molar-refractivity contribution in [3.8, 4) is 0 Å². The molecule has 1 heterocycles.